The second kappa shape index (κ2) is 6.10. The molecule has 1 aromatic carbocycles. The number of benzene rings is 1. The number of carbonyl (C=O) groups is 1. The number of piperidine rings is 1. The van der Waals surface area contributed by atoms with Crippen LogP contribution in [-0.4, -0.2) is 41.2 Å². The summed E-state index contributed by atoms with van der Waals surface area (Å²) in [4.78, 5) is 17.5. The molecule has 3 rings (SSSR count). The van der Waals surface area contributed by atoms with Gasteiger partial charge in [-0.25, -0.2) is 4.79 Å². The molecule has 6 nitrogen and oxygen atoms in total. The molecule has 1 aliphatic heterocycles. The molecule has 1 amide bonds. The Morgan fingerprint density at radius 3 is 2.96 bits per heavy atom. The van der Waals surface area contributed by atoms with Crippen LogP contribution in [-0.2, 0) is 5.54 Å². The normalized spacial score (nSPS) is 23.6. The molecule has 0 saturated carbocycles. The summed E-state index contributed by atoms with van der Waals surface area (Å²) in [5.74, 6) is 0.336. The lowest BCUT2D eigenvalue weighted by atomic mass is 9.76. The van der Waals surface area contributed by atoms with Crippen molar-refractivity contribution in [3.05, 3.63) is 41.6 Å². The molecule has 0 spiro atoms. The number of carboxylic acid groups (broad SMARTS) is 1. The zero-order valence-corrected chi connectivity index (χ0v) is 13.8. The van der Waals surface area contributed by atoms with E-state index in [1.807, 2.05) is 18.2 Å². The summed E-state index contributed by atoms with van der Waals surface area (Å²) in [5.41, 5.74) is 1.33. The van der Waals surface area contributed by atoms with Crippen LogP contribution in [0.25, 0.3) is 10.9 Å². The number of rotatable bonds is 2. The Labute approximate surface area is 140 Å². The Morgan fingerprint density at radius 2 is 2.29 bits per heavy atom. The van der Waals surface area contributed by atoms with E-state index >= 15 is 0 Å². The molecule has 24 heavy (non-hydrogen) atoms. The number of nitrogens with zero attached hydrogens (tertiary/aromatic N) is 3. The topological polar surface area (TPSA) is 89.3 Å². The number of amides is 1. The second-order valence-electron chi connectivity index (χ2n) is 6.49. The Kier molecular flexibility index (Phi) is 4.12. The summed E-state index contributed by atoms with van der Waals surface area (Å²) in [6, 6.07) is 9.51. The Hall–Kier alpha value is -2.65. The van der Waals surface area contributed by atoms with Crippen molar-refractivity contribution in [3.63, 3.8) is 0 Å². The first-order chi connectivity index (χ1) is 11.5. The van der Waals surface area contributed by atoms with Crippen LogP contribution >= 0.6 is 0 Å². The smallest absolute Gasteiger partial charge is 0.407 e. The fraction of sp³-hybridized carbons (Fsp3) is 0.389. The summed E-state index contributed by atoms with van der Waals surface area (Å²) in [6.07, 6.45) is 1.41. The van der Waals surface area contributed by atoms with E-state index in [1.165, 1.54) is 4.90 Å². The molecule has 0 radical (unpaired) electrons. The van der Waals surface area contributed by atoms with Gasteiger partial charge in [0.2, 0.25) is 0 Å². The number of aromatic nitrogens is 1. The fourth-order valence-corrected chi connectivity index (χ4v) is 3.74. The lowest BCUT2D eigenvalue weighted by Gasteiger charge is -2.46. The zero-order chi connectivity index (χ0) is 17.3. The maximum Gasteiger partial charge on any atom is 0.407 e. The summed E-state index contributed by atoms with van der Waals surface area (Å²) < 4.78 is 0. The molecular formula is C18H20N4O2. The molecule has 2 atom stereocenters. The summed E-state index contributed by atoms with van der Waals surface area (Å²) in [6.45, 7) is 3.51. The molecule has 2 N–H and O–H groups in total. The SMILES string of the molecule is C[C@@H]1CNC[C@@](c2ccc(C#N)c3ncccc23)(N(C)C(=O)O)C1. The van der Waals surface area contributed by atoms with Gasteiger partial charge in [-0.05, 0) is 36.6 Å². The number of hydrogen-bond donors (Lipinski definition) is 2. The maximum atomic E-state index is 11.8. The highest BCUT2D eigenvalue weighted by Crippen LogP contribution is 2.40. The van der Waals surface area contributed by atoms with Gasteiger partial charge in [0.25, 0.3) is 0 Å². The molecule has 0 unspecified atom stereocenters. The van der Waals surface area contributed by atoms with Crippen molar-refractivity contribution in [1.82, 2.24) is 15.2 Å². The second-order valence-corrected chi connectivity index (χ2v) is 6.49. The molecule has 0 aliphatic carbocycles. The van der Waals surface area contributed by atoms with Crippen LogP contribution in [0, 0.1) is 17.2 Å². The van der Waals surface area contributed by atoms with E-state index < -0.39 is 11.6 Å². The van der Waals surface area contributed by atoms with E-state index in [2.05, 4.69) is 23.3 Å². The van der Waals surface area contributed by atoms with E-state index in [9.17, 15) is 15.2 Å². The molecule has 1 saturated heterocycles. The van der Waals surface area contributed by atoms with Gasteiger partial charge in [-0.3, -0.25) is 4.98 Å². The minimum atomic E-state index is -0.965. The third-order valence-electron chi connectivity index (χ3n) is 4.92. The van der Waals surface area contributed by atoms with E-state index in [0.717, 1.165) is 23.9 Å². The number of hydrogen-bond acceptors (Lipinski definition) is 4. The highest BCUT2D eigenvalue weighted by molar-refractivity contribution is 5.88. The average molecular weight is 324 g/mol. The number of nitrogens with one attached hydrogen (secondary N) is 1. The highest BCUT2D eigenvalue weighted by atomic mass is 16.4. The third-order valence-corrected chi connectivity index (χ3v) is 4.92. The fourth-order valence-electron chi connectivity index (χ4n) is 3.74. The average Bonchev–Trinajstić information content (AvgIpc) is 2.59. The molecular weight excluding hydrogens is 304 g/mol. The van der Waals surface area contributed by atoms with Gasteiger partial charge in [0.05, 0.1) is 16.6 Å². The van der Waals surface area contributed by atoms with Crippen LogP contribution in [0.4, 0.5) is 4.79 Å². The van der Waals surface area contributed by atoms with Gasteiger partial charge in [0, 0.05) is 25.2 Å². The van der Waals surface area contributed by atoms with E-state index in [1.54, 1.807) is 19.3 Å². The molecule has 124 valence electrons. The first-order valence-corrected chi connectivity index (χ1v) is 7.95. The zero-order valence-electron chi connectivity index (χ0n) is 13.8. The van der Waals surface area contributed by atoms with Crippen molar-refractivity contribution in [2.24, 2.45) is 5.92 Å². The Morgan fingerprint density at radius 1 is 1.50 bits per heavy atom. The van der Waals surface area contributed by atoms with Crippen LogP contribution in [0.2, 0.25) is 0 Å². The number of likely N-dealkylation sites (N-methyl/N-ethyl adjacent to an activating group) is 1. The van der Waals surface area contributed by atoms with Crippen LogP contribution < -0.4 is 5.32 Å². The Balaban J connectivity index is 2.28. The summed E-state index contributed by atoms with van der Waals surface area (Å²) >= 11 is 0. The number of nitriles is 1. The van der Waals surface area contributed by atoms with Crippen LogP contribution in [0.5, 0.6) is 0 Å². The maximum absolute atomic E-state index is 11.8. The molecule has 1 aliphatic rings. The van der Waals surface area contributed by atoms with Crippen molar-refractivity contribution in [1.29, 1.82) is 5.26 Å². The standard InChI is InChI=1S/C18H20N4O2/c1-12-8-18(11-20-10-12,22(2)17(23)24)15-6-5-13(9-19)16-14(15)4-3-7-21-16/h3-7,12,20H,8,10-11H2,1-2H3,(H,23,24)/t12-,18-/m0/s1. The lowest BCUT2D eigenvalue weighted by molar-refractivity contribution is 0.0613. The van der Waals surface area contributed by atoms with Gasteiger partial charge in [0.1, 0.15) is 6.07 Å². The van der Waals surface area contributed by atoms with Crippen molar-refractivity contribution in [2.45, 2.75) is 18.9 Å². The first kappa shape index (κ1) is 16.2. The molecule has 2 heterocycles. The quantitative estimate of drug-likeness (QED) is 0.886. The monoisotopic (exact) mass is 324 g/mol. The van der Waals surface area contributed by atoms with Gasteiger partial charge in [-0.15, -0.1) is 0 Å². The largest absolute Gasteiger partial charge is 0.465 e. The van der Waals surface area contributed by atoms with Gasteiger partial charge in [-0.1, -0.05) is 19.1 Å². The van der Waals surface area contributed by atoms with Gasteiger partial charge < -0.3 is 15.3 Å². The van der Waals surface area contributed by atoms with Gasteiger partial charge in [-0.2, -0.15) is 5.26 Å². The predicted molar refractivity (Wildman–Crippen MR) is 90.6 cm³/mol. The van der Waals surface area contributed by atoms with E-state index in [-0.39, 0.29) is 0 Å². The number of fused-ring (bicyclic) bond motifs is 1. The van der Waals surface area contributed by atoms with E-state index in [0.29, 0.717) is 23.5 Å². The minimum absolute atomic E-state index is 0.336. The summed E-state index contributed by atoms with van der Waals surface area (Å²) in [7, 11) is 1.61. The van der Waals surface area contributed by atoms with Crippen molar-refractivity contribution < 1.29 is 9.90 Å². The summed E-state index contributed by atoms with van der Waals surface area (Å²) in [5, 5.41) is 23.2. The van der Waals surface area contributed by atoms with E-state index in [4.69, 9.17) is 0 Å². The lowest BCUT2D eigenvalue weighted by Crippen LogP contribution is -2.57. The van der Waals surface area contributed by atoms with Gasteiger partial charge in [0.15, 0.2) is 0 Å². The predicted octanol–water partition coefficient (Wildman–Crippen LogP) is 2.54. The van der Waals surface area contributed by atoms with Crippen molar-refractivity contribution in [2.75, 3.05) is 20.1 Å². The van der Waals surface area contributed by atoms with Crippen LogP contribution in [0.1, 0.15) is 24.5 Å². The molecule has 1 fully saturated rings. The van der Waals surface area contributed by atoms with Crippen LogP contribution in [0.3, 0.4) is 0 Å². The molecule has 0 bridgehead atoms. The third kappa shape index (κ3) is 2.47. The van der Waals surface area contributed by atoms with Crippen molar-refractivity contribution >= 4 is 17.0 Å². The molecule has 1 aromatic heterocycles. The van der Waals surface area contributed by atoms with Gasteiger partial charge >= 0.3 is 6.09 Å². The molecule has 6 heteroatoms. The van der Waals surface area contributed by atoms with Crippen LogP contribution in [0.15, 0.2) is 30.5 Å². The minimum Gasteiger partial charge on any atom is -0.465 e. The highest BCUT2D eigenvalue weighted by Gasteiger charge is 2.43. The first-order valence-electron chi connectivity index (χ1n) is 7.95. The number of pyridine rings is 1. The Bertz CT molecular complexity index is 829. The van der Waals surface area contributed by atoms with Crippen molar-refractivity contribution in [3.8, 4) is 6.07 Å². The molecule has 2 aromatic rings.